The molecule has 2 aromatic carbocycles. The SMILES string of the molecule is Cc1cc(Cl)ccc1C(CCC#N)c1c[nH]c2c(C[S@+](C)[O-])cccc12. The van der Waals surface area contributed by atoms with E-state index in [1.54, 1.807) is 6.26 Å². The van der Waals surface area contributed by atoms with E-state index in [2.05, 4.69) is 30.1 Å². The van der Waals surface area contributed by atoms with Crippen LogP contribution in [0.1, 0.15) is 41.0 Å². The Hall–Kier alpha value is -1.93. The minimum Gasteiger partial charge on any atom is -0.616 e. The van der Waals surface area contributed by atoms with E-state index in [0.29, 0.717) is 12.2 Å². The first-order valence-corrected chi connectivity index (χ1v) is 10.6. The van der Waals surface area contributed by atoms with Crippen LogP contribution in [0, 0.1) is 18.3 Å². The molecule has 0 saturated carbocycles. The molecule has 1 unspecified atom stereocenters. The first-order chi connectivity index (χ1) is 12.5. The number of halogens is 1. The third-order valence-electron chi connectivity index (χ3n) is 4.72. The quantitative estimate of drug-likeness (QED) is 0.575. The van der Waals surface area contributed by atoms with Crippen LogP contribution in [0.15, 0.2) is 42.6 Å². The Morgan fingerprint density at radius 3 is 2.77 bits per heavy atom. The molecule has 0 radical (unpaired) electrons. The number of nitriles is 1. The average Bonchev–Trinajstić information content (AvgIpc) is 3.01. The molecule has 134 valence electrons. The van der Waals surface area contributed by atoms with Crippen LogP contribution in [0.3, 0.4) is 0 Å². The summed E-state index contributed by atoms with van der Waals surface area (Å²) in [5.74, 6) is 0.642. The summed E-state index contributed by atoms with van der Waals surface area (Å²) in [6.07, 6.45) is 4.98. The molecule has 1 aromatic heterocycles. The van der Waals surface area contributed by atoms with Crippen LogP contribution in [0.25, 0.3) is 10.9 Å². The zero-order chi connectivity index (χ0) is 18.7. The van der Waals surface area contributed by atoms with Crippen molar-refractivity contribution in [2.45, 2.75) is 31.4 Å². The van der Waals surface area contributed by atoms with Gasteiger partial charge in [0.2, 0.25) is 0 Å². The van der Waals surface area contributed by atoms with E-state index in [1.165, 1.54) is 11.1 Å². The summed E-state index contributed by atoms with van der Waals surface area (Å²) < 4.78 is 11.7. The molecule has 0 saturated heterocycles. The molecule has 3 aromatic rings. The number of fused-ring (bicyclic) bond motifs is 1. The third-order valence-corrected chi connectivity index (χ3v) is 5.67. The van der Waals surface area contributed by atoms with Gasteiger partial charge in [-0.1, -0.05) is 47.0 Å². The minimum absolute atomic E-state index is 0.114. The highest BCUT2D eigenvalue weighted by Crippen LogP contribution is 2.37. The van der Waals surface area contributed by atoms with Gasteiger partial charge in [-0.3, -0.25) is 0 Å². The van der Waals surface area contributed by atoms with Gasteiger partial charge in [-0.15, -0.1) is 0 Å². The second kappa shape index (κ2) is 8.18. The van der Waals surface area contributed by atoms with E-state index in [4.69, 9.17) is 16.9 Å². The first-order valence-electron chi connectivity index (χ1n) is 8.53. The van der Waals surface area contributed by atoms with E-state index < -0.39 is 11.2 Å². The number of H-pyrrole nitrogens is 1. The Morgan fingerprint density at radius 2 is 2.08 bits per heavy atom. The topological polar surface area (TPSA) is 62.6 Å². The number of hydrogen-bond acceptors (Lipinski definition) is 2. The second-order valence-electron chi connectivity index (χ2n) is 6.55. The lowest BCUT2D eigenvalue weighted by Crippen LogP contribution is -2.03. The molecule has 0 aliphatic heterocycles. The number of para-hydroxylation sites is 1. The van der Waals surface area contributed by atoms with Gasteiger partial charge in [0, 0.05) is 34.5 Å². The van der Waals surface area contributed by atoms with Crippen molar-refractivity contribution in [1.29, 1.82) is 5.26 Å². The van der Waals surface area contributed by atoms with Crippen LogP contribution in [-0.4, -0.2) is 15.8 Å². The summed E-state index contributed by atoms with van der Waals surface area (Å²) in [5.41, 5.74) is 5.58. The Balaban J connectivity index is 2.11. The maximum absolute atomic E-state index is 11.7. The van der Waals surface area contributed by atoms with Crippen molar-refractivity contribution in [3.8, 4) is 6.07 Å². The van der Waals surface area contributed by atoms with Crippen LogP contribution < -0.4 is 0 Å². The lowest BCUT2D eigenvalue weighted by atomic mass is 9.85. The van der Waals surface area contributed by atoms with Crippen LogP contribution in [0.4, 0.5) is 0 Å². The number of aromatic nitrogens is 1. The molecular formula is C21H21ClN2OS. The molecule has 0 bridgehead atoms. The molecule has 0 spiro atoms. The van der Waals surface area contributed by atoms with E-state index in [9.17, 15) is 4.55 Å². The number of aryl methyl sites for hydroxylation is 1. The molecule has 3 rings (SSSR count). The van der Waals surface area contributed by atoms with Crippen LogP contribution in [-0.2, 0) is 16.9 Å². The molecule has 3 nitrogen and oxygen atoms in total. The van der Waals surface area contributed by atoms with E-state index in [-0.39, 0.29) is 5.92 Å². The number of rotatable bonds is 6. The predicted molar refractivity (Wildman–Crippen MR) is 109 cm³/mol. The first kappa shape index (κ1) is 18.8. The zero-order valence-electron chi connectivity index (χ0n) is 14.9. The highest BCUT2D eigenvalue weighted by molar-refractivity contribution is 7.89. The zero-order valence-corrected chi connectivity index (χ0v) is 16.5. The van der Waals surface area contributed by atoms with Crippen LogP contribution >= 0.6 is 11.6 Å². The van der Waals surface area contributed by atoms with Crippen molar-refractivity contribution in [3.63, 3.8) is 0 Å². The number of aromatic amines is 1. The molecule has 0 fully saturated rings. The Kier molecular flexibility index (Phi) is 5.93. The van der Waals surface area contributed by atoms with Crippen LogP contribution in [0.5, 0.6) is 0 Å². The van der Waals surface area contributed by atoms with Crippen molar-refractivity contribution < 1.29 is 4.55 Å². The fourth-order valence-electron chi connectivity index (χ4n) is 3.58. The van der Waals surface area contributed by atoms with Gasteiger partial charge in [0.05, 0.1) is 17.8 Å². The molecule has 0 amide bonds. The molecule has 26 heavy (non-hydrogen) atoms. The molecule has 1 heterocycles. The fraction of sp³-hybridized carbons (Fsp3) is 0.286. The van der Waals surface area contributed by atoms with Crippen molar-refractivity contribution in [3.05, 3.63) is 69.9 Å². The normalized spacial score (nSPS) is 13.5. The predicted octanol–water partition coefficient (Wildman–Crippen LogP) is 5.44. The molecule has 0 aliphatic rings. The van der Waals surface area contributed by atoms with E-state index in [1.807, 2.05) is 30.5 Å². The lowest BCUT2D eigenvalue weighted by Gasteiger charge is -2.19. The smallest absolute Gasteiger partial charge is 0.132 e. The molecule has 0 aliphatic carbocycles. The van der Waals surface area contributed by atoms with Gasteiger partial charge >= 0.3 is 0 Å². The largest absolute Gasteiger partial charge is 0.616 e. The minimum atomic E-state index is -0.899. The lowest BCUT2D eigenvalue weighted by molar-refractivity contribution is 0.600. The molecule has 1 N–H and O–H groups in total. The van der Waals surface area contributed by atoms with Gasteiger partial charge in [-0.05, 0) is 42.2 Å². The molecule has 5 heteroatoms. The Bertz CT molecular complexity index is 958. The van der Waals surface area contributed by atoms with E-state index >= 15 is 0 Å². The van der Waals surface area contributed by atoms with Gasteiger partial charge in [0.1, 0.15) is 5.75 Å². The summed E-state index contributed by atoms with van der Waals surface area (Å²) in [4.78, 5) is 3.38. The highest BCUT2D eigenvalue weighted by Gasteiger charge is 2.21. The average molecular weight is 385 g/mol. The van der Waals surface area contributed by atoms with Gasteiger partial charge in [0.15, 0.2) is 0 Å². The monoisotopic (exact) mass is 384 g/mol. The van der Waals surface area contributed by atoms with Gasteiger partial charge in [-0.2, -0.15) is 5.26 Å². The number of nitrogens with one attached hydrogen (secondary N) is 1. The Morgan fingerprint density at radius 1 is 1.27 bits per heavy atom. The van der Waals surface area contributed by atoms with Crippen molar-refractivity contribution in [1.82, 2.24) is 4.98 Å². The third kappa shape index (κ3) is 3.91. The summed E-state index contributed by atoms with van der Waals surface area (Å²) in [6, 6.07) is 14.3. The second-order valence-corrected chi connectivity index (χ2v) is 8.42. The standard InChI is InChI=1S/C21H21ClN2OS/c1-14-11-16(22)8-9-17(14)18(7-4-10-23)20-12-24-21-15(13-26(2)25)5-3-6-19(20)21/h3,5-6,8-9,11-12,18,24H,4,7,13H2,1-2H3/t18?,26-/m0/s1. The Labute approximate surface area is 162 Å². The number of nitrogens with zero attached hydrogens (tertiary/aromatic N) is 1. The van der Waals surface area contributed by atoms with Gasteiger partial charge < -0.3 is 9.54 Å². The highest BCUT2D eigenvalue weighted by atomic mass is 35.5. The maximum atomic E-state index is 11.7. The van der Waals surface area contributed by atoms with E-state index in [0.717, 1.165) is 33.5 Å². The number of benzene rings is 2. The number of hydrogen-bond donors (Lipinski definition) is 1. The van der Waals surface area contributed by atoms with Crippen molar-refractivity contribution in [2.75, 3.05) is 6.26 Å². The maximum Gasteiger partial charge on any atom is 0.132 e. The summed E-state index contributed by atoms with van der Waals surface area (Å²) in [7, 11) is 0. The van der Waals surface area contributed by atoms with Crippen molar-refractivity contribution in [2.24, 2.45) is 0 Å². The molecule has 2 atom stereocenters. The summed E-state index contributed by atoms with van der Waals surface area (Å²) >= 11 is 5.23. The fourth-order valence-corrected chi connectivity index (χ4v) is 4.49. The van der Waals surface area contributed by atoms with Crippen molar-refractivity contribution >= 4 is 33.7 Å². The van der Waals surface area contributed by atoms with Gasteiger partial charge in [-0.25, -0.2) is 0 Å². The molecular weight excluding hydrogens is 364 g/mol. The summed E-state index contributed by atoms with van der Waals surface area (Å²) in [6.45, 7) is 2.06. The van der Waals surface area contributed by atoms with Gasteiger partial charge in [0.25, 0.3) is 0 Å². The summed E-state index contributed by atoms with van der Waals surface area (Å²) in [5, 5.41) is 11.0. The van der Waals surface area contributed by atoms with Crippen LogP contribution in [0.2, 0.25) is 5.02 Å².